The van der Waals surface area contributed by atoms with Crippen molar-refractivity contribution in [1.29, 1.82) is 0 Å². The number of aryl methyl sites for hydroxylation is 3. The maximum absolute atomic E-state index is 12.6. The molecule has 0 aliphatic carbocycles. The highest BCUT2D eigenvalue weighted by Gasteiger charge is 2.31. The number of rotatable bonds is 5. The number of hydrogen-bond donors (Lipinski definition) is 0. The van der Waals surface area contributed by atoms with Gasteiger partial charge in [-0.25, -0.2) is 13.2 Å². The van der Waals surface area contributed by atoms with Crippen LogP contribution in [0.4, 0.5) is 0 Å². The molecule has 7 heteroatoms. The number of ether oxygens (including phenoxy) is 1. The molecule has 1 aromatic heterocycles. The lowest BCUT2D eigenvalue weighted by atomic mass is 10.1. The molecule has 0 N–H and O–H groups in total. The van der Waals surface area contributed by atoms with Crippen molar-refractivity contribution in [2.45, 2.75) is 40.2 Å². The number of carbonyl (C=O) groups is 2. The molecule has 0 unspecified atom stereocenters. The molecule has 6 nitrogen and oxygen atoms in total. The fraction of sp³-hybridized carbons (Fsp3) is 0.429. The lowest BCUT2D eigenvalue weighted by Crippen LogP contribution is -2.17. The van der Waals surface area contributed by atoms with E-state index in [1.54, 1.807) is 19.1 Å². The Bertz CT molecular complexity index is 1050. The first kappa shape index (κ1) is 20.3. The third-order valence-electron chi connectivity index (χ3n) is 5.29. The van der Waals surface area contributed by atoms with Crippen LogP contribution in [-0.4, -0.2) is 42.9 Å². The van der Waals surface area contributed by atoms with Gasteiger partial charge in [0.2, 0.25) is 5.78 Å². The summed E-state index contributed by atoms with van der Waals surface area (Å²) in [6.07, 6.45) is 0.550. The van der Waals surface area contributed by atoms with Crippen LogP contribution >= 0.6 is 0 Å². The number of carbonyl (C=O) groups excluding carboxylic acids is 2. The summed E-state index contributed by atoms with van der Waals surface area (Å²) in [7, 11) is -3.02. The quantitative estimate of drug-likeness (QED) is 0.566. The zero-order chi connectivity index (χ0) is 20.6. The van der Waals surface area contributed by atoms with Gasteiger partial charge in [-0.2, -0.15) is 0 Å². The van der Waals surface area contributed by atoms with Gasteiger partial charge in [0.25, 0.3) is 0 Å². The first-order valence-corrected chi connectivity index (χ1v) is 11.1. The van der Waals surface area contributed by atoms with Crippen molar-refractivity contribution in [3.8, 4) is 0 Å². The molecule has 1 fully saturated rings. The smallest absolute Gasteiger partial charge is 0.338 e. The predicted molar refractivity (Wildman–Crippen MR) is 107 cm³/mol. The normalized spacial score (nSPS) is 18.2. The Morgan fingerprint density at radius 3 is 2.43 bits per heavy atom. The molecule has 2 aromatic rings. The maximum Gasteiger partial charge on any atom is 0.338 e. The Labute approximate surface area is 165 Å². The minimum absolute atomic E-state index is 0.0959. The van der Waals surface area contributed by atoms with Crippen LogP contribution in [0.2, 0.25) is 0 Å². The zero-order valence-electron chi connectivity index (χ0n) is 16.6. The molecule has 1 aliphatic heterocycles. The highest BCUT2D eigenvalue weighted by Crippen LogP contribution is 2.29. The van der Waals surface area contributed by atoms with Gasteiger partial charge in [-0.15, -0.1) is 0 Å². The van der Waals surface area contributed by atoms with E-state index in [4.69, 9.17) is 4.74 Å². The minimum Gasteiger partial charge on any atom is -0.454 e. The monoisotopic (exact) mass is 403 g/mol. The minimum atomic E-state index is -3.02. The van der Waals surface area contributed by atoms with Crippen molar-refractivity contribution in [3.05, 3.63) is 57.9 Å². The number of hydrogen-bond acceptors (Lipinski definition) is 5. The highest BCUT2D eigenvalue weighted by atomic mass is 32.2. The van der Waals surface area contributed by atoms with Crippen LogP contribution in [0.3, 0.4) is 0 Å². The van der Waals surface area contributed by atoms with Gasteiger partial charge in [0.1, 0.15) is 0 Å². The average molecular weight is 404 g/mol. The number of sulfone groups is 1. The van der Waals surface area contributed by atoms with Crippen LogP contribution in [0.25, 0.3) is 0 Å². The molecule has 1 aliphatic rings. The van der Waals surface area contributed by atoms with Crippen molar-refractivity contribution < 1.29 is 22.7 Å². The molecule has 0 spiro atoms. The summed E-state index contributed by atoms with van der Waals surface area (Å²) in [5.41, 5.74) is 4.32. The number of ketones is 1. The van der Waals surface area contributed by atoms with E-state index in [0.717, 1.165) is 16.8 Å². The maximum atomic E-state index is 12.6. The van der Waals surface area contributed by atoms with Gasteiger partial charge < -0.3 is 9.30 Å². The van der Waals surface area contributed by atoms with Crippen LogP contribution < -0.4 is 0 Å². The second-order valence-corrected chi connectivity index (χ2v) is 9.76. The van der Waals surface area contributed by atoms with Crippen molar-refractivity contribution >= 4 is 21.6 Å². The van der Waals surface area contributed by atoms with Gasteiger partial charge in [-0.1, -0.05) is 17.7 Å². The lowest BCUT2D eigenvalue weighted by molar-refractivity contribution is 0.0473. The lowest BCUT2D eigenvalue weighted by Gasteiger charge is -2.16. The SMILES string of the molecule is Cc1ccc(C(=O)OCC(=O)c2cc(C)n([C@@H]3CCS(=O)(=O)C3)c2C)c(C)c1. The molecule has 0 radical (unpaired) electrons. The standard InChI is InChI=1S/C21H25NO5S/c1-13-5-6-18(14(2)9-13)21(24)27-11-20(23)19-10-15(3)22(16(19)4)17-7-8-28(25,26)12-17/h5-6,9-10,17H,7-8,11-12H2,1-4H3/t17-/m1/s1. The first-order chi connectivity index (χ1) is 13.1. The fourth-order valence-electron chi connectivity index (χ4n) is 3.93. The van der Waals surface area contributed by atoms with Crippen molar-refractivity contribution in [2.24, 2.45) is 0 Å². The summed E-state index contributed by atoms with van der Waals surface area (Å²) < 4.78 is 30.8. The molecule has 1 atom stereocenters. The van der Waals surface area contributed by atoms with Crippen molar-refractivity contribution in [2.75, 3.05) is 18.1 Å². The van der Waals surface area contributed by atoms with E-state index >= 15 is 0 Å². The summed E-state index contributed by atoms with van der Waals surface area (Å²) in [6, 6.07) is 7.01. The van der Waals surface area contributed by atoms with E-state index in [2.05, 4.69) is 0 Å². The second kappa shape index (κ2) is 7.54. The highest BCUT2D eigenvalue weighted by molar-refractivity contribution is 7.91. The molecular weight excluding hydrogens is 378 g/mol. The Kier molecular flexibility index (Phi) is 5.48. The first-order valence-electron chi connectivity index (χ1n) is 9.25. The van der Waals surface area contributed by atoms with Gasteiger partial charge >= 0.3 is 5.97 Å². The van der Waals surface area contributed by atoms with Gasteiger partial charge in [0.05, 0.1) is 17.1 Å². The number of Topliss-reactive ketones (excluding diaryl/α,β-unsaturated/α-hetero) is 1. The third-order valence-corrected chi connectivity index (χ3v) is 7.04. The van der Waals surface area contributed by atoms with Crippen LogP contribution in [0, 0.1) is 27.7 Å². The molecule has 0 amide bonds. The van der Waals surface area contributed by atoms with Gasteiger partial charge in [-0.3, -0.25) is 4.79 Å². The summed E-state index contributed by atoms with van der Waals surface area (Å²) in [4.78, 5) is 24.9. The second-order valence-electron chi connectivity index (χ2n) is 7.53. The third kappa shape index (κ3) is 4.04. The summed E-state index contributed by atoms with van der Waals surface area (Å²) >= 11 is 0. The van der Waals surface area contributed by atoms with E-state index in [1.165, 1.54) is 0 Å². The molecule has 1 aromatic carbocycles. The summed E-state index contributed by atoms with van der Waals surface area (Å²) in [6.45, 7) is 7.08. The average Bonchev–Trinajstić information content (AvgIpc) is 3.10. The molecule has 28 heavy (non-hydrogen) atoms. The van der Waals surface area contributed by atoms with E-state index in [0.29, 0.717) is 23.2 Å². The molecular formula is C21H25NO5S. The van der Waals surface area contributed by atoms with E-state index in [9.17, 15) is 18.0 Å². The van der Waals surface area contributed by atoms with Gasteiger partial charge in [-0.05, 0) is 51.8 Å². The Balaban J connectivity index is 1.73. The molecule has 1 saturated heterocycles. The molecule has 3 rings (SSSR count). The number of nitrogens with zero attached hydrogens (tertiary/aromatic N) is 1. The predicted octanol–water partition coefficient (Wildman–Crippen LogP) is 3.12. The van der Waals surface area contributed by atoms with E-state index < -0.39 is 15.8 Å². The van der Waals surface area contributed by atoms with E-state index in [-0.39, 0.29) is 29.9 Å². The van der Waals surface area contributed by atoms with Gasteiger partial charge in [0.15, 0.2) is 16.4 Å². The summed E-state index contributed by atoms with van der Waals surface area (Å²) in [5.74, 6) is -0.552. The van der Waals surface area contributed by atoms with E-state index in [1.807, 2.05) is 37.5 Å². The van der Waals surface area contributed by atoms with Crippen LogP contribution in [0.1, 0.15) is 55.7 Å². The fourth-order valence-corrected chi connectivity index (χ4v) is 5.63. The molecule has 2 heterocycles. The van der Waals surface area contributed by atoms with Crippen molar-refractivity contribution in [1.82, 2.24) is 4.57 Å². The Morgan fingerprint density at radius 1 is 1.11 bits per heavy atom. The van der Waals surface area contributed by atoms with Crippen molar-refractivity contribution in [3.63, 3.8) is 0 Å². The number of esters is 1. The van der Waals surface area contributed by atoms with Crippen LogP contribution in [0.15, 0.2) is 24.3 Å². The topological polar surface area (TPSA) is 82.4 Å². The Hall–Kier alpha value is -2.41. The Morgan fingerprint density at radius 2 is 1.82 bits per heavy atom. The summed E-state index contributed by atoms with van der Waals surface area (Å²) in [5, 5.41) is 0. The molecule has 0 saturated carbocycles. The molecule has 0 bridgehead atoms. The van der Waals surface area contributed by atoms with Crippen LogP contribution in [-0.2, 0) is 14.6 Å². The number of aromatic nitrogens is 1. The van der Waals surface area contributed by atoms with Crippen LogP contribution in [0.5, 0.6) is 0 Å². The largest absolute Gasteiger partial charge is 0.454 e. The molecule has 150 valence electrons. The zero-order valence-corrected chi connectivity index (χ0v) is 17.4. The van der Waals surface area contributed by atoms with Gasteiger partial charge in [0, 0.05) is 23.0 Å². The number of benzene rings is 1.